The number of carboxylic acid groups (broad SMARTS) is 1. The summed E-state index contributed by atoms with van der Waals surface area (Å²) in [6, 6.07) is 5.16. The van der Waals surface area contributed by atoms with Crippen LogP contribution in [0.15, 0.2) is 18.2 Å². The fraction of sp³-hybridized carbons (Fsp3) is 0.429. The molecule has 0 aliphatic heterocycles. The molecule has 0 radical (unpaired) electrons. The van der Waals surface area contributed by atoms with E-state index in [1.165, 1.54) is 0 Å². The van der Waals surface area contributed by atoms with Gasteiger partial charge in [0.1, 0.15) is 5.75 Å². The van der Waals surface area contributed by atoms with E-state index in [2.05, 4.69) is 22.6 Å². The van der Waals surface area contributed by atoms with Crippen LogP contribution in [0.2, 0.25) is 0 Å². The lowest BCUT2D eigenvalue weighted by Gasteiger charge is -2.26. The van der Waals surface area contributed by atoms with E-state index in [-0.39, 0.29) is 24.9 Å². The summed E-state index contributed by atoms with van der Waals surface area (Å²) >= 11 is 2.08. The molecule has 1 N–H and O–H groups in total. The van der Waals surface area contributed by atoms with Crippen LogP contribution >= 0.6 is 22.6 Å². The second-order valence-electron chi connectivity index (χ2n) is 4.58. The Morgan fingerprint density at radius 3 is 2.50 bits per heavy atom. The fourth-order valence-electron chi connectivity index (χ4n) is 1.76. The molecule has 1 rings (SSSR count). The first-order chi connectivity index (χ1) is 9.36. The van der Waals surface area contributed by atoms with Crippen LogP contribution in [-0.4, -0.2) is 41.6 Å². The molecule has 5 nitrogen and oxygen atoms in total. The number of carboxylic acids is 1. The van der Waals surface area contributed by atoms with Crippen LogP contribution in [0.3, 0.4) is 0 Å². The van der Waals surface area contributed by atoms with Crippen molar-refractivity contribution in [2.45, 2.75) is 26.3 Å². The lowest BCUT2D eigenvalue weighted by atomic mass is 10.1. The van der Waals surface area contributed by atoms with Crippen LogP contribution in [0.5, 0.6) is 5.75 Å². The molecule has 20 heavy (non-hydrogen) atoms. The maximum atomic E-state index is 12.5. The van der Waals surface area contributed by atoms with E-state index in [9.17, 15) is 9.59 Å². The van der Waals surface area contributed by atoms with Gasteiger partial charge in [-0.25, -0.2) is 0 Å². The lowest BCUT2D eigenvalue weighted by molar-refractivity contribution is -0.137. The van der Waals surface area contributed by atoms with Crippen molar-refractivity contribution in [2.75, 3.05) is 13.7 Å². The average Bonchev–Trinajstić information content (AvgIpc) is 2.37. The Morgan fingerprint density at radius 2 is 2.05 bits per heavy atom. The number of methoxy groups -OCH3 is 1. The van der Waals surface area contributed by atoms with Crippen LogP contribution in [0, 0.1) is 3.57 Å². The third-order valence-corrected chi connectivity index (χ3v) is 3.75. The second kappa shape index (κ2) is 7.47. The normalized spacial score (nSPS) is 10.4. The zero-order valence-corrected chi connectivity index (χ0v) is 13.9. The number of hydrogen-bond donors (Lipinski definition) is 1. The van der Waals surface area contributed by atoms with Gasteiger partial charge in [0, 0.05) is 16.2 Å². The van der Waals surface area contributed by atoms with Crippen molar-refractivity contribution in [2.24, 2.45) is 0 Å². The van der Waals surface area contributed by atoms with Crippen molar-refractivity contribution >= 4 is 34.5 Å². The minimum atomic E-state index is -0.909. The molecule has 1 aromatic carbocycles. The maximum Gasteiger partial charge on any atom is 0.305 e. The molecular weight excluding hydrogens is 373 g/mol. The van der Waals surface area contributed by atoms with Gasteiger partial charge in [0.05, 0.1) is 19.1 Å². The highest BCUT2D eigenvalue weighted by Gasteiger charge is 2.21. The molecule has 0 heterocycles. The molecule has 0 spiro atoms. The minimum Gasteiger partial charge on any atom is -0.497 e. The molecule has 0 saturated carbocycles. The molecule has 0 aromatic heterocycles. The summed E-state index contributed by atoms with van der Waals surface area (Å²) in [7, 11) is 1.57. The van der Waals surface area contributed by atoms with Crippen molar-refractivity contribution < 1.29 is 19.4 Å². The topological polar surface area (TPSA) is 66.8 Å². The number of ether oxygens (including phenoxy) is 1. The number of carbonyl (C=O) groups is 2. The van der Waals surface area contributed by atoms with Gasteiger partial charge in [-0.2, -0.15) is 0 Å². The zero-order valence-electron chi connectivity index (χ0n) is 11.7. The lowest BCUT2D eigenvalue weighted by Crippen LogP contribution is -2.38. The van der Waals surface area contributed by atoms with Gasteiger partial charge in [0.2, 0.25) is 0 Å². The van der Waals surface area contributed by atoms with E-state index >= 15 is 0 Å². The maximum absolute atomic E-state index is 12.5. The number of aliphatic carboxylic acids is 1. The average molecular weight is 391 g/mol. The zero-order chi connectivity index (χ0) is 15.3. The SMILES string of the molecule is COc1ccc(C(=O)N(CCC(=O)O)C(C)C)c(I)c1. The van der Waals surface area contributed by atoms with Crippen molar-refractivity contribution in [1.29, 1.82) is 0 Å². The Balaban J connectivity index is 2.97. The second-order valence-corrected chi connectivity index (χ2v) is 5.74. The molecule has 0 unspecified atom stereocenters. The largest absolute Gasteiger partial charge is 0.497 e. The molecule has 0 aliphatic carbocycles. The molecular formula is C14H18INO4. The van der Waals surface area contributed by atoms with Gasteiger partial charge < -0.3 is 14.7 Å². The Bertz CT molecular complexity index is 502. The van der Waals surface area contributed by atoms with Gasteiger partial charge in [0.25, 0.3) is 5.91 Å². The van der Waals surface area contributed by atoms with Crippen molar-refractivity contribution in [1.82, 2.24) is 4.90 Å². The molecule has 0 saturated heterocycles. The van der Waals surface area contributed by atoms with Crippen molar-refractivity contribution in [3.8, 4) is 5.75 Å². The minimum absolute atomic E-state index is 0.0558. The third-order valence-electron chi connectivity index (χ3n) is 2.86. The van der Waals surface area contributed by atoms with E-state index in [0.717, 1.165) is 3.57 Å². The van der Waals surface area contributed by atoms with E-state index in [0.29, 0.717) is 11.3 Å². The van der Waals surface area contributed by atoms with Crippen molar-refractivity contribution in [3.63, 3.8) is 0 Å². The van der Waals surface area contributed by atoms with Crippen LogP contribution in [0.1, 0.15) is 30.6 Å². The Morgan fingerprint density at radius 1 is 1.40 bits per heavy atom. The molecule has 1 aromatic rings. The molecule has 0 bridgehead atoms. The number of rotatable bonds is 6. The molecule has 0 aliphatic rings. The van der Waals surface area contributed by atoms with Gasteiger partial charge in [-0.05, 0) is 54.6 Å². The third kappa shape index (κ3) is 4.36. The van der Waals surface area contributed by atoms with Crippen LogP contribution < -0.4 is 4.74 Å². The molecule has 0 atom stereocenters. The summed E-state index contributed by atoms with van der Waals surface area (Å²) in [5.74, 6) is -0.381. The quantitative estimate of drug-likeness (QED) is 0.758. The fourth-order valence-corrected chi connectivity index (χ4v) is 2.48. The highest BCUT2D eigenvalue weighted by Crippen LogP contribution is 2.21. The van der Waals surface area contributed by atoms with E-state index in [1.807, 2.05) is 13.8 Å². The predicted molar refractivity (Wildman–Crippen MR) is 84.1 cm³/mol. The van der Waals surface area contributed by atoms with Gasteiger partial charge >= 0.3 is 5.97 Å². The van der Waals surface area contributed by atoms with Crippen LogP contribution in [-0.2, 0) is 4.79 Å². The number of amides is 1. The Labute approximate surface area is 132 Å². The highest BCUT2D eigenvalue weighted by molar-refractivity contribution is 14.1. The predicted octanol–water partition coefficient (Wildman–Crippen LogP) is 2.63. The highest BCUT2D eigenvalue weighted by atomic mass is 127. The number of hydrogen-bond acceptors (Lipinski definition) is 3. The van der Waals surface area contributed by atoms with Gasteiger partial charge in [-0.1, -0.05) is 0 Å². The van der Waals surface area contributed by atoms with E-state index in [1.54, 1.807) is 30.2 Å². The van der Waals surface area contributed by atoms with E-state index < -0.39 is 5.97 Å². The first kappa shape index (κ1) is 16.7. The summed E-state index contributed by atoms with van der Waals surface area (Å²) in [5, 5.41) is 8.76. The summed E-state index contributed by atoms with van der Waals surface area (Å²) in [6.07, 6.45) is -0.0589. The number of halogens is 1. The van der Waals surface area contributed by atoms with E-state index in [4.69, 9.17) is 9.84 Å². The van der Waals surface area contributed by atoms with Crippen LogP contribution in [0.4, 0.5) is 0 Å². The molecule has 110 valence electrons. The van der Waals surface area contributed by atoms with Gasteiger partial charge in [0.15, 0.2) is 0 Å². The number of benzene rings is 1. The Kier molecular flexibility index (Phi) is 6.25. The number of carbonyl (C=O) groups excluding carboxylic acids is 1. The number of nitrogens with zero attached hydrogens (tertiary/aromatic N) is 1. The van der Waals surface area contributed by atoms with Crippen LogP contribution in [0.25, 0.3) is 0 Å². The summed E-state index contributed by atoms with van der Waals surface area (Å²) < 4.78 is 5.89. The smallest absolute Gasteiger partial charge is 0.305 e. The first-order valence-electron chi connectivity index (χ1n) is 6.23. The van der Waals surface area contributed by atoms with Gasteiger partial charge in [-0.15, -0.1) is 0 Å². The summed E-state index contributed by atoms with van der Waals surface area (Å²) in [5.41, 5.74) is 0.561. The van der Waals surface area contributed by atoms with Crippen molar-refractivity contribution in [3.05, 3.63) is 27.3 Å². The summed E-state index contributed by atoms with van der Waals surface area (Å²) in [6.45, 7) is 3.94. The standard InChI is InChI=1S/C14H18INO4/c1-9(2)16(7-6-13(17)18)14(19)11-5-4-10(20-3)8-12(11)15/h4-5,8-9H,6-7H2,1-3H3,(H,17,18). The first-order valence-corrected chi connectivity index (χ1v) is 7.31. The molecule has 6 heteroatoms. The molecule has 0 fully saturated rings. The molecule has 1 amide bonds. The van der Waals surface area contributed by atoms with Gasteiger partial charge in [-0.3, -0.25) is 9.59 Å². The Hall–Kier alpha value is -1.31. The summed E-state index contributed by atoms with van der Waals surface area (Å²) in [4.78, 5) is 24.8. The monoisotopic (exact) mass is 391 g/mol.